The van der Waals surface area contributed by atoms with Crippen LogP contribution in [0.5, 0.6) is 0 Å². The zero-order valence-electron chi connectivity index (χ0n) is 16.6. The van der Waals surface area contributed by atoms with Gasteiger partial charge in [0, 0.05) is 43.5 Å². The van der Waals surface area contributed by atoms with E-state index in [0.717, 1.165) is 19.3 Å². The predicted molar refractivity (Wildman–Crippen MR) is 118 cm³/mol. The lowest BCUT2D eigenvalue weighted by atomic mass is 10.0. The molecule has 0 aliphatic carbocycles. The highest BCUT2D eigenvalue weighted by Crippen LogP contribution is 2.34. The van der Waals surface area contributed by atoms with Gasteiger partial charge in [-0.2, -0.15) is 18.3 Å². The van der Waals surface area contributed by atoms with Gasteiger partial charge in [-0.3, -0.25) is 10.3 Å². The molecule has 3 rings (SSSR count). The number of benzene rings is 2. The summed E-state index contributed by atoms with van der Waals surface area (Å²) in [4.78, 5) is 4.33. The molecule has 0 amide bonds. The van der Waals surface area contributed by atoms with Crippen molar-refractivity contribution in [1.29, 1.82) is 0 Å². The van der Waals surface area contributed by atoms with Gasteiger partial charge in [0.1, 0.15) is 0 Å². The fraction of sp³-hybridized carbons (Fsp3) is 0.333. The maximum absolute atomic E-state index is 13.6. The molecule has 30 heavy (non-hydrogen) atoms. The number of hydrazone groups is 1. The zero-order chi connectivity index (χ0) is 21.7. The lowest BCUT2D eigenvalue weighted by Gasteiger charge is -2.39. The first-order valence-electron chi connectivity index (χ1n) is 9.59. The monoisotopic (exact) mass is 435 g/mol. The molecule has 0 radical (unpaired) electrons. The van der Waals surface area contributed by atoms with E-state index in [1.54, 1.807) is 6.07 Å². The number of rotatable bonds is 5. The van der Waals surface area contributed by atoms with Crippen LogP contribution in [0.2, 0.25) is 0 Å². The molecule has 0 bridgehead atoms. The van der Waals surface area contributed by atoms with Gasteiger partial charge in [0.15, 0.2) is 5.11 Å². The highest BCUT2D eigenvalue weighted by atomic mass is 32.1. The molecule has 0 saturated carbocycles. The second kappa shape index (κ2) is 9.44. The van der Waals surface area contributed by atoms with Crippen molar-refractivity contribution in [1.82, 2.24) is 10.3 Å². The molecule has 0 spiro atoms. The molecule has 2 aromatic rings. The third-order valence-corrected chi connectivity index (χ3v) is 5.32. The van der Waals surface area contributed by atoms with Gasteiger partial charge in [0.2, 0.25) is 0 Å². The zero-order valence-corrected chi connectivity index (χ0v) is 17.4. The number of thiocarbonyl (C=S) groups is 1. The summed E-state index contributed by atoms with van der Waals surface area (Å²) in [6, 6.07) is 14.8. The van der Waals surface area contributed by atoms with Crippen molar-refractivity contribution < 1.29 is 13.2 Å². The van der Waals surface area contributed by atoms with Gasteiger partial charge in [-0.1, -0.05) is 36.4 Å². The molecule has 1 atom stereocenters. The average molecular weight is 436 g/mol. The van der Waals surface area contributed by atoms with Crippen molar-refractivity contribution in [2.75, 3.05) is 31.1 Å². The number of anilines is 1. The predicted octanol–water partition coefficient (Wildman–Crippen LogP) is 3.76. The van der Waals surface area contributed by atoms with E-state index in [9.17, 15) is 13.2 Å². The minimum atomic E-state index is -4.50. The smallest absolute Gasteiger partial charge is 0.375 e. The van der Waals surface area contributed by atoms with Gasteiger partial charge in [0.25, 0.3) is 0 Å². The van der Waals surface area contributed by atoms with Crippen molar-refractivity contribution in [2.24, 2.45) is 10.8 Å². The number of nitrogens with one attached hydrogen (secondary N) is 1. The van der Waals surface area contributed by atoms with E-state index in [-0.39, 0.29) is 16.7 Å². The minimum absolute atomic E-state index is 0.0497. The SMILES string of the molecule is CC(c1ccccc1)N1CCN(c2ccc(/C=N/NC(N)=S)c(C(F)(F)F)c2)CC1. The highest BCUT2D eigenvalue weighted by molar-refractivity contribution is 7.80. The van der Waals surface area contributed by atoms with Gasteiger partial charge in [0.05, 0.1) is 11.8 Å². The number of piperazine rings is 1. The summed E-state index contributed by atoms with van der Waals surface area (Å²) in [6.45, 7) is 5.02. The standard InChI is InChI=1S/C21H24F3N5S/c1-15(16-5-3-2-4-6-16)28-9-11-29(12-10-28)18-8-7-17(14-26-27-20(25)30)19(13-18)21(22,23)24/h2-8,13-15H,9-12H2,1H3,(H3,25,27,30)/b26-14+. The Kier molecular flexibility index (Phi) is 6.94. The third kappa shape index (κ3) is 5.48. The topological polar surface area (TPSA) is 56.9 Å². The number of halogens is 3. The van der Waals surface area contributed by atoms with Crippen LogP contribution in [0.4, 0.5) is 18.9 Å². The normalized spacial score (nSPS) is 16.6. The molecule has 1 heterocycles. The van der Waals surface area contributed by atoms with Gasteiger partial charge in [-0.25, -0.2) is 0 Å². The van der Waals surface area contributed by atoms with Gasteiger partial charge >= 0.3 is 6.18 Å². The van der Waals surface area contributed by atoms with Crippen LogP contribution in [0.3, 0.4) is 0 Å². The molecular formula is C21H24F3N5S. The molecule has 9 heteroatoms. The number of nitrogens with two attached hydrogens (primary N) is 1. The molecule has 2 aromatic carbocycles. The van der Waals surface area contributed by atoms with E-state index in [1.807, 2.05) is 23.1 Å². The number of hydrogen-bond donors (Lipinski definition) is 2. The summed E-state index contributed by atoms with van der Waals surface area (Å²) in [6.07, 6.45) is -3.42. The second-order valence-corrected chi connectivity index (χ2v) is 7.55. The van der Waals surface area contributed by atoms with Crippen molar-refractivity contribution in [3.05, 3.63) is 65.2 Å². The Morgan fingerprint density at radius 2 is 1.80 bits per heavy atom. The average Bonchev–Trinajstić information content (AvgIpc) is 2.73. The fourth-order valence-corrected chi connectivity index (χ4v) is 3.63. The second-order valence-electron chi connectivity index (χ2n) is 7.11. The maximum atomic E-state index is 13.6. The molecule has 3 N–H and O–H groups in total. The van der Waals surface area contributed by atoms with Crippen LogP contribution in [0.25, 0.3) is 0 Å². The van der Waals surface area contributed by atoms with E-state index < -0.39 is 11.7 Å². The Bertz CT molecular complexity index is 893. The summed E-state index contributed by atoms with van der Waals surface area (Å²) in [5.74, 6) is 0. The Labute approximate surface area is 179 Å². The van der Waals surface area contributed by atoms with E-state index in [1.165, 1.54) is 17.7 Å². The third-order valence-electron chi connectivity index (χ3n) is 5.23. The fourth-order valence-electron chi connectivity index (χ4n) is 3.57. The van der Waals surface area contributed by atoms with Crippen LogP contribution < -0.4 is 16.1 Å². The first kappa shape index (κ1) is 22.0. The molecule has 1 aliphatic rings. The Morgan fingerprint density at radius 3 is 2.40 bits per heavy atom. The van der Waals surface area contributed by atoms with Crippen molar-refractivity contribution >= 4 is 29.2 Å². The minimum Gasteiger partial charge on any atom is -0.375 e. The number of nitrogens with zero attached hydrogens (tertiary/aromatic N) is 3. The maximum Gasteiger partial charge on any atom is 0.417 e. The quantitative estimate of drug-likeness (QED) is 0.426. The van der Waals surface area contributed by atoms with Crippen LogP contribution in [0, 0.1) is 0 Å². The summed E-state index contributed by atoms with van der Waals surface area (Å²) < 4.78 is 40.7. The van der Waals surface area contributed by atoms with Crippen molar-refractivity contribution in [3.8, 4) is 0 Å². The largest absolute Gasteiger partial charge is 0.417 e. The van der Waals surface area contributed by atoms with E-state index in [2.05, 4.69) is 46.7 Å². The highest BCUT2D eigenvalue weighted by Gasteiger charge is 2.34. The van der Waals surface area contributed by atoms with E-state index in [4.69, 9.17) is 5.73 Å². The van der Waals surface area contributed by atoms with Gasteiger partial charge in [-0.15, -0.1) is 0 Å². The Balaban J connectivity index is 1.72. The molecule has 160 valence electrons. The summed E-state index contributed by atoms with van der Waals surface area (Å²) in [5.41, 5.74) is 8.51. The first-order valence-corrected chi connectivity index (χ1v) is 10.00. The molecule has 1 unspecified atom stereocenters. The molecule has 0 aromatic heterocycles. The van der Waals surface area contributed by atoms with Crippen LogP contribution >= 0.6 is 12.2 Å². The Morgan fingerprint density at radius 1 is 1.13 bits per heavy atom. The van der Waals surface area contributed by atoms with Crippen LogP contribution in [0.1, 0.15) is 29.7 Å². The van der Waals surface area contributed by atoms with Gasteiger partial charge < -0.3 is 10.6 Å². The van der Waals surface area contributed by atoms with Crippen LogP contribution in [0.15, 0.2) is 53.6 Å². The summed E-state index contributed by atoms with van der Waals surface area (Å²) in [5, 5.41) is 3.54. The lowest BCUT2D eigenvalue weighted by molar-refractivity contribution is -0.137. The van der Waals surface area contributed by atoms with E-state index >= 15 is 0 Å². The number of hydrogen-bond acceptors (Lipinski definition) is 4. The van der Waals surface area contributed by atoms with E-state index in [0.29, 0.717) is 18.8 Å². The van der Waals surface area contributed by atoms with Crippen molar-refractivity contribution in [3.63, 3.8) is 0 Å². The Hall–Kier alpha value is -2.65. The molecule has 5 nitrogen and oxygen atoms in total. The summed E-state index contributed by atoms with van der Waals surface area (Å²) in [7, 11) is 0. The molecular weight excluding hydrogens is 411 g/mol. The summed E-state index contributed by atoms with van der Waals surface area (Å²) >= 11 is 4.60. The molecule has 1 fully saturated rings. The van der Waals surface area contributed by atoms with Crippen LogP contribution in [-0.4, -0.2) is 42.4 Å². The molecule has 1 saturated heterocycles. The lowest BCUT2D eigenvalue weighted by Crippen LogP contribution is -2.47. The molecule has 1 aliphatic heterocycles. The number of alkyl halides is 3. The first-order chi connectivity index (χ1) is 14.3. The van der Waals surface area contributed by atoms with Crippen LogP contribution in [-0.2, 0) is 6.18 Å². The van der Waals surface area contributed by atoms with Crippen molar-refractivity contribution in [2.45, 2.75) is 19.1 Å². The van der Waals surface area contributed by atoms with Gasteiger partial charge in [-0.05, 0) is 36.8 Å².